The van der Waals surface area contributed by atoms with Crippen LogP contribution in [0.25, 0.3) is 0 Å². The second-order valence-corrected chi connectivity index (χ2v) is 5.99. The SMILES string of the molecule is COc1cccc(N2Cc3nn(C4CCCC4)c(=O)n3C2=O)c1. The summed E-state index contributed by atoms with van der Waals surface area (Å²) in [4.78, 5) is 26.7. The lowest BCUT2D eigenvalue weighted by molar-refractivity contribution is 0.249. The van der Waals surface area contributed by atoms with Crippen LogP contribution < -0.4 is 15.3 Å². The van der Waals surface area contributed by atoms with Crippen LogP contribution in [-0.4, -0.2) is 27.5 Å². The molecule has 120 valence electrons. The van der Waals surface area contributed by atoms with E-state index < -0.39 is 0 Å². The molecular weight excluding hydrogens is 296 g/mol. The molecule has 0 radical (unpaired) electrons. The van der Waals surface area contributed by atoms with E-state index in [1.54, 1.807) is 18.1 Å². The molecule has 1 aromatic heterocycles. The molecule has 7 heteroatoms. The van der Waals surface area contributed by atoms with E-state index in [-0.39, 0.29) is 17.8 Å². The normalized spacial score (nSPS) is 17.8. The zero-order valence-electron chi connectivity index (χ0n) is 12.9. The van der Waals surface area contributed by atoms with Gasteiger partial charge in [0.25, 0.3) is 0 Å². The minimum absolute atomic E-state index is 0.138. The number of carbonyl (C=O) groups is 1. The number of anilines is 1. The molecular formula is C16H18N4O3. The maximum absolute atomic E-state index is 12.6. The number of ether oxygens (including phenoxy) is 1. The molecule has 2 aromatic rings. The fraction of sp³-hybridized carbons (Fsp3) is 0.438. The Hall–Kier alpha value is -2.57. The molecule has 1 aliphatic carbocycles. The van der Waals surface area contributed by atoms with Gasteiger partial charge in [-0.25, -0.2) is 14.3 Å². The summed E-state index contributed by atoms with van der Waals surface area (Å²) < 4.78 is 7.89. The number of hydrogen-bond donors (Lipinski definition) is 0. The minimum Gasteiger partial charge on any atom is -0.497 e. The van der Waals surface area contributed by atoms with Gasteiger partial charge in [0, 0.05) is 11.8 Å². The number of amides is 1. The molecule has 0 spiro atoms. The largest absolute Gasteiger partial charge is 0.497 e. The van der Waals surface area contributed by atoms with E-state index in [1.165, 1.54) is 9.25 Å². The number of hydrogen-bond acceptors (Lipinski definition) is 4. The zero-order chi connectivity index (χ0) is 16.0. The number of carbonyl (C=O) groups excluding carboxylic acids is 1. The van der Waals surface area contributed by atoms with Gasteiger partial charge < -0.3 is 4.74 Å². The summed E-state index contributed by atoms with van der Waals surface area (Å²) in [5.41, 5.74) is 0.383. The number of fused-ring (bicyclic) bond motifs is 1. The Bertz CT molecular complexity index is 817. The predicted octanol–water partition coefficient (Wildman–Crippen LogP) is 2.16. The van der Waals surface area contributed by atoms with Gasteiger partial charge in [0.1, 0.15) is 5.75 Å². The summed E-state index contributed by atoms with van der Waals surface area (Å²) in [6.07, 6.45) is 4.15. The summed E-state index contributed by atoms with van der Waals surface area (Å²) in [5.74, 6) is 1.18. The molecule has 2 heterocycles. The van der Waals surface area contributed by atoms with Gasteiger partial charge in [0.05, 0.1) is 19.7 Å². The van der Waals surface area contributed by atoms with Crippen molar-refractivity contribution in [1.29, 1.82) is 0 Å². The van der Waals surface area contributed by atoms with E-state index in [4.69, 9.17) is 4.74 Å². The number of methoxy groups -OCH3 is 1. The summed E-state index contributed by atoms with van der Waals surface area (Å²) in [6, 6.07) is 7.03. The Kier molecular flexibility index (Phi) is 3.21. The van der Waals surface area contributed by atoms with Crippen LogP contribution in [-0.2, 0) is 6.54 Å². The first kappa shape index (κ1) is 14.0. The number of benzene rings is 1. The molecule has 1 amide bonds. The van der Waals surface area contributed by atoms with E-state index in [1.807, 2.05) is 18.2 Å². The maximum atomic E-state index is 12.6. The molecule has 1 saturated carbocycles. The Morgan fingerprint density at radius 1 is 1.22 bits per heavy atom. The molecule has 0 saturated heterocycles. The summed E-state index contributed by atoms with van der Waals surface area (Å²) in [6.45, 7) is 0.307. The van der Waals surface area contributed by atoms with E-state index in [0.717, 1.165) is 25.7 Å². The monoisotopic (exact) mass is 314 g/mol. The standard InChI is InChI=1S/C16H18N4O3/c1-23-13-8-4-7-12(9-13)18-10-14-17-20(11-5-2-3-6-11)16(22)19(14)15(18)21/h4,7-9,11H,2-3,5-6,10H2,1H3. The van der Waals surface area contributed by atoms with Gasteiger partial charge >= 0.3 is 11.7 Å². The first-order chi connectivity index (χ1) is 11.2. The van der Waals surface area contributed by atoms with Gasteiger partial charge in [-0.15, -0.1) is 0 Å². The topological polar surface area (TPSA) is 69.4 Å². The van der Waals surface area contributed by atoms with Crippen LogP contribution in [0.5, 0.6) is 5.75 Å². The Labute approximate surface area is 133 Å². The van der Waals surface area contributed by atoms with Crippen LogP contribution in [0.1, 0.15) is 37.5 Å². The molecule has 0 bridgehead atoms. The molecule has 1 aromatic carbocycles. The average molecular weight is 314 g/mol. The highest BCUT2D eigenvalue weighted by Gasteiger charge is 2.35. The lowest BCUT2D eigenvalue weighted by Crippen LogP contribution is -2.35. The number of aromatic nitrogens is 3. The van der Waals surface area contributed by atoms with Crippen molar-refractivity contribution in [1.82, 2.24) is 14.3 Å². The lowest BCUT2D eigenvalue weighted by atomic mass is 10.2. The number of rotatable bonds is 3. The molecule has 2 aliphatic rings. The van der Waals surface area contributed by atoms with Crippen LogP contribution in [0.2, 0.25) is 0 Å². The highest BCUT2D eigenvalue weighted by Crippen LogP contribution is 2.29. The van der Waals surface area contributed by atoms with Crippen molar-refractivity contribution in [3.63, 3.8) is 0 Å². The first-order valence-corrected chi connectivity index (χ1v) is 7.85. The van der Waals surface area contributed by atoms with Gasteiger partial charge in [-0.2, -0.15) is 9.67 Å². The number of nitrogens with zero attached hydrogens (tertiary/aromatic N) is 4. The highest BCUT2D eigenvalue weighted by molar-refractivity contribution is 5.96. The second kappa shape index (κ2) is 5.26. The van der Waals surface area contributed by atoms with Crippen LogP contribution in [0.15, 0.2) is 29.1 Å². The van der Waals surface area contributed by atoms with Crippen LogP contribution in [0, 0.1) is 0 Å². The minimum atomic E-state index is -0.345. The molecule has 0 unspecified atom stereocenters. The Balaban J connectivity index is 1.68. The van der Waals surface area contributed by atoms with E-state index in [2.05, 4.69) is 5.10 Å². The smallest absolute Gasteiger partial charge is 0.354 e. The van der Waals surface area contributed by atoms with Crippen molar-refractivity contribution in [3.8, 4) is 5.75 Å². The summed E-state index contributed by atoms with van der Waals surface area (Å²) in [5, 5.41) is 4.41. The third-order valence-electron chi connectivity index (χ3n) is 4.63. The molecule has 4 rings (SSSR count). The van der Waals surface area contributed by atoms with Gasteiger partial charge in [0.15, 0.2) is 5.82 Å². The Morgan fingerprint density at radius 2 is 2.00 bits per heavy atom. The van der Waals surface area contributed by atoms with Crippen molar-refractivity contribution in [2.75, 3.05) is 12.0 Å². The average Bonchev–Trinajstić information content (AvgIpc) is 3.26. The third-order valence-corrected chi connectivity index (χ3v) is 4.63. The van der Waals surface area contributed by atoms with Crippen LogP contribution in [0.3, 0.4) is 0 Å². The highest BCUT2D eigenvalue weighted by atomic mass is 16.5. The Morgan fingerprint density at radius 3 is 2.70 bits per heavy atom. The molecule has 7 nitrogen and oxygen atoms in total. The van der Waals surface area contributed by atoms with Gasteiger partial charge in [-0.3, -0.25) is 4.90 Å². The summed E-state index contributed by atoms with van der Waals surface area (Å²) >= 11 is 0. The quantitative estimate of drug-likeness (QED) is 0.870. The van der Waals surface area contributed by atoms with Crippen molar-refractivity contribution in [2.24, 2.45) is 0 Å². The lowest BCUT2D eigenvalue weighted by Gasteiger charge is -2.16. The second-order valence-electron chi connectivity index (χ2n) is 5.99. The van der Waals surface area contributed by atoms with Crippen LogP contribution in [0.4, 0.5) is 10.5 Å². The van der Waals surface area contributed by atoms with E-state index in [9.17, 15) is 9.59 Å². The van der Waals surface area contributed by atoms with Gasteiger partial charge in [-0.1, -0.05) is 18.9 Å². The molecule has 0 N–H and O–H groups in total. The predicted molar refractivity (Wildman–Crippen MR) is 84.0 cm³/mol. The van der Waals surface area contributed by atoms with Crippen molar-refractivity contribution >= 4 is 11.7 Å². The van der Waals surface area contributed by atoms with E-state index >= 15 is 0 Å². The zero-order valence-corrected chi connectivity index (χ0v) is 12.9. The van der Waals surface area contributed by atoms with Crippen molar-refractivity contribution < 1.29 is 9.53 Å². The summed E-state index contributed by atoms with van der Waals surface area (Å²) in [7, 11) is 1.58. The van der Waals surface area contributed by atoms with Gasteiger partial charge in [0.2, 0.25) is 0 Å². The fourth-order valence-electron chi connectivity index (χ4n) is 3.42. The fourth-order valence-corrected chi connectivity index (χ4v) is 3.42. The maximum Gasteiger partial charge on any atom is 0.354 e. The van der Waals surface area contributed by atoms with Crippen LogP contribution >= 0.6 is 0 Å². The third kappa shape index (κ3) is 2.15. The first-order valence-electron chi connectivity index (χ1n) is 7.85. The van der Waals surface area contributed by atoms with E-state index in [0.29, 0.717) is 23.8 Å². The van der Waals surface area contributed by atoms with Crippen molar-refractivity contribution in [2.45, 2.75) is 38.3 Å². The molecule has 1 fully saturated rings. The molecule has 1 aliphatic heterocycles. The molecule has 23 heavy (non-hydrogen) atoms. The van der Waals surface area contributed by atoms with Gasteiger partial charge in [-0.05, 0) is 25.0 Å². The molecule has 0 atom stereocenters. The van der Waals surface area contributed by atoms with Crippen molar-refractivity contribution in [3.05, 3.63) is 40.6 Å².